The summed E-state index contributed by atoms with van der Waals surface area (Å²) in [5, 5.41) is 0. The molecule has 0 bridgehead atoms. The Balaban J connectivity index is 4.49. The number of rotatable bonds is 3. The fourth-order valence-electron chi connectivity index (χ4n) is 0.414. The quantitative estimate of drug-likeness (QED) is 0.317. The first-order chi connectivity index (χ1) is 5.45. The molecule has 0 aliphatic carbocycles. The van der Waals surface area contributed by atoms with Gasteiger partial charge < -0.3 is 17.2 Å². The number of hydrogen-bond acceptors (Lipinski definition) is 3. The summed E-state index contributed by atoms with van der Waals surface area (Å²) >= 11 is 0. The molecule has 0 saturated carbocycles. The molecule has 6 N–H and O–H groups in total. The molecule has 0 aromatic heterocycles. The van der Waals surface area contributed by atoms with Gasteiger partial charge in [-0.2, -0.15) is 0 Å². The first-order valence-corrected chi connectivity index (χ1v) is 3.34. The van der Waals surface area contributed by atoms with Crippen LogP contribution in [0.1, 0.15) is 6.92 Å². The van der Waals surface area contributed by atoms with E-state index >= 15 is 0 Å². The summed E-state index contributed by atoms with van der Waals surface area (Å²) < 4.78 is 0. The highest BCUT2D eigenvalue weighted by atomic mass is 14.9. The van der Waals surface area contributed by atoms with Crippen LogP contribution in [0.5, 0.6) is 0 Å². The van der Waals surface area contributed by atoms with Crippen molar-refractivity contribution in [3.05, 3.63) is 36.3 Å². The monoisotopic (exact) mass is 166 g/mol. The molecule has 0 atom stereocenters. The van der Waals surface area contributed by atoms with E-state index in [1.807, 2.05) is 0 Å². The van der Waals surface area contributed by atoms with Gasteiger partial charge in [0.15, 0.2) is 0 Å². The Morgan fingerprint density at radius 2 is 1.75 bits per heavy atom. The molecule has 4 heteroatoms. The molecule has 12 heavy (non-hydrogen) atoms. The van der Waals surface area contributed by atoms with Crippen molar-refractivity contribution in [1.82, 2.24) is 0 Å². The average molecular weight is 166 g/mol. The molecule has 0 saturated heterocycles. The average Bonchev–Trinajstić information content (AvgIpc) is 1.98. The van der Waals surface area contributed by atoms with E-state index in [1.54, 1.807) is 6.92 Å². The molecule has 0 aliphatic rings. The number of aliphatic imine (C=N–C) groups is 1. The maximum atomic E-state index is 5.48. The zero-order chi connectivity index (χ0) is 9.72. The van der Waals surface area contributed by atoms with Gasteiger partial charge >= 0.3 is 0 Å². The molecule has 0 amide bonds. The van der Waals surface area contributed by atoms with Crippen molar-refractivity contribution in [2.75, 3.05) is 0 Å². The first-order valence-electron chi connectivity index (χ1n) is 3.34. The van der Waals surface area contributed by atoms with Gasteiger partial charge in [-0.3, -0.25) is 0 Å². The van der Waals surface area contributed by atoms with Crippen molar-refractivity contribution < 1.29 is 0 Å². The Kier molecular flexibility index (Phi) is 3.62. The highest BCUT2D eigenvalue weighted by Gasteiger charge is 1.98. The highest BCUT2D eigenvalue weighted by Crippen LogP contribution is 1.97. The number of nitrogens with zero attached hydrogens (tertiary/aromatic N) is 1. The van der Waals surface area contributed by atoms with Crippen LogP contribution in [0.15, 0.2) is 41.3 Å². The summed E-state index contributed by atoms with van der Waals surface area (Å²) in [7, 11) is 0. The van der Waals surface area contributed by atoms with Crippen molar-refractivity contribution in [3.63, 3.8) is 0 Å². The van der Waals surface area contributed by atoms with Crippen molar-refractivity contribution in [3.8, 4) is 0 Å². The molecule has 0 aliphatic heterocycles. The van der Waals surface area contributed by atoms with Gasteiger partial charge in [0.25, 0.3) is 0 Å². The van der Waals surface area contributed by atoms with Crippen LogP contribution in [0.3, 0.4) is 0 Å². The van der Waals surface area contributed by atoms with E-state index < -0.39 is 0 Å². The number of hydrogen-bond donors (Lipinski definition) is 3. The Labute approximate surface area is 72.1 Å². The summed E-state index contributed by atoms with van der Waals surface area (Å²) in [5.74, 6) is 0.229. The third-order valence-electron chi connectivity index (χ3n) is 1.10. The van der Waals surface area contributed by atoms with Gasteiger partial charge in [-0.05, 0) is 6.92 Å². The minimum absolute atomic E-state index is 0.229. The van der Waals surface area contributed by atoms with Gasteiger partial charge in [-0.1, -0.05) is 13.2 Å². The second-order valence-electron chi connectivity index (χ2n) is 2.39. The highest BCUT2D eigenvalue weighted by molar-refractivity contribution is 6.00. The predicted molar refractivity (Wildman–Crippen MR) is 52.0 cm³/mol. The van der Waals surface area contributed by atoms with Gasteiger partial charge in [0.2, 0.25) is 0 Å². The summed E-state index contributed by atoms with van der Waals surface area (Å²) in [6.07, 6.45) is 1.43. The lowest BCUT2D eigenvalue weighted by atomic mass is 10.2. The van der Waals surface area contributed by atoms with Crippen LogP contribution in [0.25, 0.3) is 0 Å². The summed E-state index contributed by atoms with van der Waals surface area (Å²) in [4.78, 5) is 3.81. The largest absolute Gasteiger partial charge is 0.401 e. The smallest absolute Gasteiger partial charge is 0.132 e. The van der Waals surface area contributed by atoms with E-state index in [0.29, 0.717) is 17.0 Å². The Morgan fingerprint density at radius 1 is 1.25 bits per heavy atom. The van der Waals surface area contributed by atoms with Gasteiger partial charge in [0, 0.05) is 23.2 Å². The van der Waals surface area contributed by atoms with Gasteiger partial charge in [0.05, 0.1) is 0 Å². The molecular weight excluding hydrogens is 152 g/mol. The number of amidine groups is 1. The Bertz CT molecular complexity index is 256. The van der Waals surface area contributed by atoms with Crippen LogP contribution < -0.4 is 17.2 Å². The lowest BCUT2D eigenvalue weighted by Gasteiger charge is -2.01. The Morgan fingerprint density at radius 3 is 2.08 bits per heavy atom. The van der Waals surface area contributed by atoms with Crippen molar-refractivity contribution >= 4 is 5.84 Å². The van der Waals surface area contributed by atoms with Gasteiger partial charge in [-0.15, -0.1) is 0 Å². The van der Waals surface area contributed by atoms with E-state index in [0.717, 1.165) is 0 Å². The van der Waals surface area contributed by atoms with Crippen LogP contribution >= 0.6 is 0 Å². The van der Waals surface area contributed by atoms with Crippen molar-refractivity contribution in [1.29, 1.82) is 0 Å². The second-order valence-corrected chi connectivity index (χ2v) is 2.39. The molecule has 0 unspecified atom stereocenters. The number of nitrogens with two attached hydrogens (primary N) is 3. The molecule has 0 radical (unpaired) electrons. The van der Waals surface area contributed by atoms with Crippen LogP contribution in [0.4, 0.5) is 0 Å². The van der Waals surface area contributed by atoms with E-state index in [4.69, 9.17) is 17.2 Å². The lowest BCUT2D eigenvalue weighted by molar-refractivity contribution is 1.26. The fourth-order valence-corrected chi connectivity index (χ4v) is 0.414. The minimum atomic E-state index is 0.229. The summed E-state index contributed by atoms with van der Waals surface area (Å²) in [6.45, 7) is 8.76. The van der Waals surface area contributed by atoms with Crippen molar-refractivity contribution in [2.24, 2.45) is 22.2 Å². The standard InChI is InChI=1S/C8H14N4/c1-5(9)4-12-8(11)6(2)7(3)10/h4H,2-3,9-10H2,1H3,(H2,11,12)/b5-4-. The van der Waals surface area contributed by atoms with E-state index in [2.05, 4.69) is 18.2 Å². The summed E-state index contributed by atoms with van der Waals surface area (Å²) in [5.41, 5.74) is 17.4. The molecule has 0 spiro atoms. The van der Waals surface area contributed by atoms with E-state index in [-0.39, 0.29) is 5.84 Å². The molecule has 0 heterocycles. The minimum Gasteiger partial charge on any atom is -0.401 e. The molecule has 66 valence electrons. The van der Waals surface area contributed by atoms with E-state index in [9.17, 15) is 0 Å². The topological polar surface area (TPSA) is 90.4 Å². The first kappa shape index (κ1) is 10.3. The van der Waals surface area contributed by atoms with Crippen LogP contribution in [0, 0.1) is 0 Å². The molecule has 0 rings (SSSR count). The molecule has 0 fully saturated rings. The maximum absolute atomic E-state index is 5.48. The van der Waals surface area contributed by atoms with Crippen molar-refractivity contribution in [2.45, 2.75) is 6.92 Å². The zero-order valence-electron chi connectivity index (χ0n) is 7.17. The predicted octanol–water partition coefficient (Wildman–Crippen LogP) is 0.192. The van der Waals surface area contributed by atoms with E-state index in [1.165, 1.54) is 6.20 Å². The summed E-state index contributed by atoms with van der Waals surface area (Å²) in [6, 6.07) is 0. The third-order valence-corrected chi connectivity index (χ3v) is 1.10. The molecule has 0 aromatic rings. The molecule has 4 nitrogen and oxygen atoms in total. The van der Waals surface area contributed by atoms with Crippen LogP contribution in [-0.4, -0.2) is 5.84 Å². The van der Waals surface area contributed by atoms with Gasteiger partial charge in [-0.25, -0.2) is 4.99 Å². The molecular formula is C8H14N4. The van der Waals surface area contributed by atoms with Crippen LogP contribution in [-0.2, 0) is 0 Å². The SMILES string of the molecule is C=C(N)C(=C)C(N)=N/C=C(/C)N. The molecule has 0 aromatic carbocycles. The number of allylic oxidation sites excluding steroid dienone is 1. The normalized spacial score (nSPS) is 12.8. The van der Waals surface area contributed by atoms with Gasteiger partial charge in [0.1, 0.15) is 5.84 Å². The third kappa shape index (κ3) is 3.46. The zero-order valence-corrected chi connectivity index (χ0v) is 7.17. The van der Waals surface area contributed by atoms with Crippen LogP contribution in [0.2, 0.25) is 0 Å². The lowest BCUT2D eigenvalue weighted by Crippen LogP contribution is -2.17. The fraction of sp³-hybridized carbons (Fsp3) is 0.125. The Hall–Kier alpha value is -1.71. The second kappa shape index (κ2) is 4.23. The maximum Gasteiger partial charge on any atom is 0.132 e.